The van der Waals surface area contributed by atoms with Crippen LogP contribution in [0.3, 0.4) is 0 Å². The molecule has 0 heterocycles. The van der Waals surface area contributed by atoms with Crippen molar-refractivity contribution in [1.82, 2.24) is 0 Å². The van der Waals surface area contributed by atoms with Gasteiger partial charge in [-0.05, 0) is 32.9 Å². The van der Waals surface area contributed by atoms with E-state index in [9.17, 15) is 18.2 Å². The summed E-state index contributed by atoms with van der Waals surface area (Å²) in [7, 11) is -4.65. The summed E-state index contributed by atoms with van der Waals surface area (Å²) < 4.78 is 34.9. The molecule has 0 aromatic heterocycles. The van der Waals surface area contributed by atoms with E-state index in [0.717, 1.165) is 0 Å². The molecule has 0 aliphatic carbocycles. The molecule has 1 aromatic rings. The Kier molecular flexibility index (Phi) is 5.43. The monoisotopic (exact) mass is 376 g/mol. The van der Waals surface area contributed by atoms with Crippen molar-refractivity contribution in [2.24, 2.45) is 0 Å². The van der Waals surface area contributed by atoms with Crippen LogP contribution in [0.2, 0.25) is 0 Å². The van der Waals surface area contributed by atoms with Gasteiger partial charge in [0.15, 0.2) is 5.69 Å². The van der Waals surface area contributed by atoms with Crippen molar-refractivity contribution in [3.63, 3.8) is 0 Å². The van der Waals surface area contributed by atoms with Crippen LogP contribution in [-0.4, -0.2) is 13.0 Å². The summed E-state index contributed by atoms with van der Waals surface area (Å²) in [6.45, 7) is 24.2. The Hall–Kier alpha value is -1.89. The summed E-state index contributed by atoms with van der Waals surface area (Å²) in [5, 5.41) is 9.90. The Balaban J connectivity index is 4.66. The van der Waals surface area contributed by atoms with E-state index in [4.69, 9.17) is 6.57 Å². The Labute approximate surface area is 157 Å². The van der Waals surface area contributed by atoms with Gasteiger partial charge in [0.2, 0.25) is 0 Å². The van der Waals surface area contributed by atoms with E-state index in [1.54, 1.807) is 41.5 Å². The van der Waals surface area contributed by atoms with Gasteiger partial charge in [-0.3, -0.25) is 4.55 Å². The van der Waals surface area contributed by atoms with Crippen LogP contribution in [0.5, 0.6) is 0 Å². The molecule has 0 radical (unpaired) electrons. The van der Waals surface area contributed by atoms with Crippen LogP contribution in [0, 0.1) is 17.9 Å². The standard InChI is InChI=1S/C20H28N2O3S/c1-18(2,3)13-12(11-21)14(19(4,5)6)17(26(23,24)25)15(16(13)22-10)20(7,8)9/h1-9H3,(H,23,24,25). The van der Waals surface area contributed by atoms with Crippen LogP contribution in [0.1, 0.15) is 84.6 Å². The van der Waals surface area contributed by atoms with Gasteiger partial charge in [0, 0.05) is 0 Å². The van der Waals surface area contributed by atoms with Gasteiger partial charge in [0.25, 0.3) is 10.1 Å². The lowest BCUT2D eigenvalue weighted by atomic mass is 9.71. The third-order valence-corrected chi connectivity index (χ3v) is 5.08. The Morgan fingerprint density at radius 3 is 1.50 bits per heavy atom. The van der Waals surface area contributed by atoms with Gasteiger partial charge >= 0.3 is 0 Å². The fourth-order valence-electron chi connectivity index (χ4n) is 3.34. The minimum absolute atomic E-state index is 0.141. The number of benzene rings is 1. The first-order valence-corrected chi connectivity index (χ1v) is 9.83. The quantitative estimate of drug-likeness (QED) is 0.536. The molecule has 0 saturated heterocycles. The fourth-order valence-corrected chi connectivity index (χ4v) is 4.66. The normalized spacial score (nSPS) is 13.2. The summed E-state index contributed by atoms with van der Waals surface area (Å²) >= 11 is 0. The van der Waals surface area contributed by atoms with Crippen LogP contribution in [0.15, 0.2) is 4.90 Å². The first kappa shape index (κ1) is 22.2. The van der Waals surface area contributed by atoms with Crippen molar-refractivity contribution in [2.75, 3.05) is 0 Å². The third-order valence-electron chi connectivity index (χ3n) is 4.16. The highest BCUT2D eigenvalue weighted by molar-refractivity contribution is 7.86. The van der Waals surface area contributed by atoms with Gasteiger partial charge in [0.05, 0.1) is 23.1 Å². The topological polar surface area (TPSA) is 82.5 Å². The summed E-state index contributed by atoms with van der Waals surface area (Å²) in [4.78, 5) is 3.33. The van der Waals surface area contributed by atoms with Crippen LogP contribution in [-0.2, 0) is 26.4 Å². The summed E-state index contributed by atoms with van der Waals surface area (Å²) in [6, 6.07) is 2.12. The predicted molar refractivity (Wildman–Crippen MR) is 103 cm³/mol. The molecule has 5 nitrogen and oxygen atoms in total. The van der Waals surface area contributed by atoms with Crippen molar-refractivity contribution in [2.45, 2.75) is 83.5 Å². The van der Waals surface area contributed by atoms with E-state index in [0.29, 0.717) is 5.56 Å². The average Bonchev–Trinajstić information content (AvgIpc) is 2.39. The lowest BCUT2D eigenvalue weighted by Crippen LogP contribution is -2.28. The van der Waals surface area contributed by atoms with Crippen molar-refractivity contribution in [1.29, 1.82) is 5.26 Å². The zero-order valence-electron chi connectivity index (χ0n) is 17.1. The number of rotatable bonds is 1. The molecular formula is C20H28N2O3S. The Morgan fingerprint density at radius 1 is 0.885 bits per heavy atom. The Bertz CT molecular complexity index is 871. The highest BCUT2D eigenvalue weighted by Gasteiger charge is 2.40. The van der Waals surface area contributed by atoms with Gasteiger partial charge in [-0.15, -0.1) is 0 Å². The molecule has 1 N–H and O–H groups in total. The fraction of sp³-hybridized carbons (Fsp3) is 0.600. The number of nitrogens with zero attached hydrogens (tertiary/aromatic N) is 2. The van der Waals surface area contributed by atoms with E-state index in [2.05, 4.69) is 10.9 Å². The highest BCUT2D eigenvalue weighted by Crippen LogP contribution is 2.49. The maximum Gasteiger partial charge on any atom is 0.293 e. The summed E-state index contributed by atoms with van der Waals surface area (Å²) in [6.07, 6.45) is 0. The summed E-state index contributed by atoms with van der Waals surface area (Å²) in [5.74, 6) is 0. The number of hydrogen-bond donors (Lipinski definition) is 1. The molecule has 142 valence electrons. The van der Waals surface area contributed by atoms with Gasteiger partial charge in [-0.1, -0.05) is 62.3 Å². The molecule has 0 amide bonds. The smallest absolute Gasteiger partial charge is 0.282 e. The lowest BCUT2D eigenvalue weighted by molar-refractivity contribution is 0.465. The largest absolute Gasteiger partial charge is 0.293 e. The molecule has 0 saturated carbocycles. The number of hydrogen-bond acceptors (Lipinski definition) is 3. The van der Waals surface area contributed by atoms with E-state index in [1.165, 1.54) is 0 Å². The summed E-state index contributed by atoms with van der Waals surface area (Å²) in [5.41, 5.74) is -0.636. The van der Waals surface area contributed by atoms with Crippen LogP contribution >= 0.6 is 0 Å². The van der Waals surface area contributed by atoms with Crippen molar-refractivity contribution >= 4 is 15.8 Å². The van der Waals surface area contributed by atoms with Crippen molar-refractivity contribution < 1.29 is 13.0 Å². The van der Waals surface area contributed by atoms with Gasteiger partial charge in [-0.25, -0.2) is 4.85 Å². The molecule has 1 rings (SSSR count). The molecule has 0 atom stereocenters. The molecule has 26 heavy (non-hydrogen) atoms. The van der Waals surface area contributed by atoms with Crippen molar-refractivity contribution in [3.05, 3.63) is 33.7 Å². The lowest BCUT2D eigenvalue weighted by Gasteiger charge is -2.35. The molecule has 0 spiro atoms. The van der Waals surface area contributed by atoms with Crippen molar-refractivity contribution in [3.8, 4) is 6.07 Å². The van der Waals surface area contributed by atoms with Crippen LogP contribution in [0.4, 0.5) is 5.69 Å². The molecule has 0 aliphatic rings. The molecule has 0 fully saturated rings. The first-order valence-electron chi connectivity index (χ1n) is 8.39. The second kappa shape index (κ2) is 6.37. The van der Waals surface area contributed by atoms with Crippen LogP contribution < -0.4 is 0 Å². The van der Waals surface area contributed by atoms with E-state index >= 15 is 0 Å². The van der Waals surface area contributed by atoms with E-state index < -0.39 is 26.4 Å². The maximum absolute atomic E-state index is 12.4. The van der Waals surface area contributed by atoms with E-state index in [1.807, 2.05) is 20.8 Å². The van der Waals surface area contributed by atoms with Gasteiger partial charge in [0.1, 0.15) is 0 Å². The zero-order chi connectivity index (χ0) is 20.9. The molecule has 0 aliphatic heterocycles. The maximum atomic E-state index is 12.4. The first-order chi connectivity index (χ1) is 11.4. The highest BCUT2D eigenvalue weighted by atomic mass is 32.2. The molecule has 0 unspecified atom stereocenters. The number of nitriles is 1. The molecule has 6 heteroatoms. The predicted octanol–water partition coefficient (Wildman–Crippen LogP) is 5.25. The second-order valence-corrected chi connectivity index (χ2v) is 11.0. The minimum atomic E-state index is -4.65. The minimum Gasteiger partial charge on any atom is -0.282 e. The third kappa shape index (κ3) is 3.92. The molecule has 1 aromatic carbocycles. The molecular weight excluding hydrogens is 348 g/mol. The Morgan fingerprint density at radius 2 is 1.27 bits per heavy atom. The van der Waals surface area contributed by atoms with Gasteiger partial charge < -0.3 is 0 Å². The van der Waals surface area contributed by atoms with E-state index in [-0.39, 0.29) is 27.3 Å². The average molecular weight is 377 g/mol. The molecule has 0 bridgehead atoms. The van der Waals surface area contributed by atoms with Gasteiger partial charge in [-0.2, -0.15) is 13.7 Å². The zero-order valence-corrected chi connectivity index (χ0v) is 17.9. The SMILES string of the molecule is [C-]#[N+]c1c(C(C)(C)C)c(C#N)c(C(C)(C)C)c(S(=O)(=O)O)c1C(C)(C)C. The second-order valence-electron chi connectivity index (χ2n) is 9.63. The van der Waals surface area contributed by atoms with Crippen LogP contribution in [0.25, 0.3) is 4.85 Å².